The van der Waals surface area contributed by atoms with Crippen molar-refractivity contribution < 1.29 is 0 Å². The Morgan fingerprint density at radius 2 is 2.27 bits per heavy atom. The van der Waals surface area contributed by atoms with Gasteiger partial charge in [0.15, 0.2) is 0 Å². The first-order valence-corrected chi connectivity index (χ1v) is 6.52. The minimum absolute atomic E-state index is 0.388. The van der Waals surface area contributed by atoms with Crippen LogP contribution in [0.1, 0.15) is 44.7 Å². The average Bonchev–Trinajstić information content (AvgIpc) is 2.56. The van der Waals surface area contributed by atoms with Crippen LogP contribution in [0, 0.1) is 5.41 Å². The molecule has 3 heteroatoms. The molecule has 2 unspecified atom stereocenters. The molecule has 1 heterocycles. The minimum Gasteiger partial charge on any atom is -0.340 e. The first-order valence-electron chi connectivity index (χ1n) is 5.61. The van der Waals surface area contributed by atoms with Gasteiger partial charge in [-0.3, -0.25) is 0 Å². The highest BCUT2D eigenvalue weighted by molar-refractivity contribution is 9.09. The van der Waals surface area contributed by atoms with Gasteiger partial charge in [0.1, 0.15) is 0 Å². The molecule has 0 amide bonds. The van der Waals surface area contributed by atoms with Gasteiger partial charge >= 0.3 is 0 Å². The standard InChI is InChI=1S/C12H19BrN2/c1-12(2)5-4-9(13)6-10(12)11-7-15(3)8-14-11/h7-10H,4-6H2,1-3H3. The maximum atomic E-state index is 4.51. The van der Waals surface area contributed by atoms with Crippen molar-refractivity contribution in [3.63, 3.8) is 0 Å². The normalized spacial score (nSPS) is 30.4. The molecule has 2 atom stereocenters. The lowest BCUT2D eigenvalue weighted by Gasteiger charge is -2.39. The lowest BCUT2D eigenvalue weighted by Crippen LogP contribution is -2.30. The van der Waals surface area contributed by atoms with E-state index in [1.807, 2.05) is 17.9 Å². The zero-order valence-electron chi connectivity index (χ0n) is 9.70. The van der Waals surface area contributed by atoms with E-state index in [9.17, 15) is 0 Å². The second-order valence-corrected chi connectivity index (χ2v) is 6.67. The Morgan fingerprint density at radius 3 is 2.87 bits per heavy atom. The molecule has 0 spiro atoms. The number of aromatic nitrogens is 2. The highest BCUT2D eigenvalue weighted by Gasteiger charge is 2.37. The first-order chi connectivity index (χ1) is 6.99. The second kappa shape index (κ2) is 3.93. The zero-order chi connectivity index (χ0) is 11.1. The second-order valence-electron chi connectivity index (χ2n) is 5.38. The lowest BCUT2D eigenvalue weighted by molar-refractivity contribution is 0.202. The molecule has 2 rings (SSSR count). The number of rotatable bonds is 1. The molecule has 1 aromatic heterocycles. The monoisotopic (exact) mass is 270 g/mol. The van der Waals surface area contributed by atoms with Crippen molar-refractivity contribution in [2.45, 2.75) is 43.9 Å². The van der Waals surface area contributed by atoms with Gasteiger partial charge in [-0.1, -0.05) is 29.8 Å². The molecule has 1 saturated carbocycles. The molecule has 1 fully saturated rings. The molecule has 0 aromatic carbocycles. The van der Waals surface area contributed by atoms with E-state index in [1.165, 1.54) is 25.0 Å². The molecule has 0 radical (unpaired) electrons. The van der Waals surface area contributed by atoms with Crippen LogP contribution in [0.5, 0.6) is 0 Å². The summed E-state index contributed by atoms with van der Waals surface area (Å²) in [6.07, 6.45) is 7.85. The van der Waals surface area contributed by atoms with Gasteiger partial charge in [-0.2, -0.15) is 0 Å². The Bertz CT molecular complexity index is 343. The Balaban J connectivity index is 2.25. The van der Waals surface area contributed by atoms with E-state index in [-0.39, 0.29) is 0 Å². The van der Waals surface area contributed by atoms with Gasteiger partial charge in [0, 0.05) is 24.0 Å². The van der Waals surface area contributed by atoms with E-state index in [4.69, 9.17) is 0 Å². The van der Waals surface area contributed by atoms with Gasteiger partial charge in [-0.15, -0.1) is 0 Å². The predicted octanol–water partition coefficient (Wildman–Crippen LogP) is 3.48. The lowest BCUT2D eigenvalue weighted by atomic mass is 9.67. The molecule has 1 aliphatic rings. The smallest absolute Gasteiger partial charge is 0.0946 e. The number of halogens is 1. The molecule has 0 N–H and O–H groups in total. The first kappa shape index (κ1) is 11.2. The predicted molar refractivity (Wildman–Crippen MR) is 66.3 cm³/mol. The largest absolute Gasteiger partial charge is 0.340 e. The molecule has 2 nitrogen and oxygen atoms in total. The molecule has 15 heavy (non-hydrogen) atoms. The van der Waals surface area contributed by atoms with Crippen LogP contribution in [0.4, 0.5) is 0 Å². The van der Waals surface area contributed by atoms with Crippen LogP contribution in [-0.2, 0) is 7.05 Å². The quantitative estimate of drug-likeness (QED) is 0.715. The number of hydrogen-bond acceptors (Lipinski definition) is 1. The average molecular weight is 271 g/mol. The van der Waals surface area contributed by atoms with Crippen LogP contribution in [0.2, 0.25) is 0 Å². The summed E-state index contributed by atoms with van der Waals surface area (Å²) in [6.45, 7) is 4.73. The summed E-state index contributed by atoms with van der Waals surface area (Å²) >= 11 is 3.75. The van der Waals surface area contributed by atoms with Crippen LogP contribution in [-0.4, -0.2) is 14.4 Å². The van der Waals surface area contributed by atoms with Crippen molar-refractivity contribution in [1.29, 1.82) is 0 Å². The maximum Gasteiger partial charge on any atom is 0.0946 e. The van der Waals surface area contributed by atoms with Crippen molar-refractivity contribution in [2.75, 3.05) is 0 Å². The van der Waals surface area contributed by atoms with E-state index in [0.717, 1.165) is 0 Å². The van der Waals surface area contributed by atoms with Gasteiger partial charge in [0.2, 0.25) is 0 Å². The van der Waals surface area contributed by atoms with Crippen molar-refractivity contribution in [2.24, 2.45) is 12.5 Å². The zero-order valence-corrected chi connectivity index (χ0v) is 11.3. The molecule has 84 valence electrons. The van der Waals surface area contributed by atoms with Gasteiger partial charge in [0.25, 0.3) is 0 Å². The van der Waals surface area contributed by atoms with E-state index in [1.54, 1.807) is 0 Å². The summed E-state index contributed by atoms with van der Waals surface area (Å²) in [4.78, 5) is 5.18. The summed E-state index contributed by atoms with van der Waals surface area (Å²) in [5, 5.41) is 0. The third-order valence-electron chi connectivity index (χ3n) is 3.62. The SMILES string of the molecule is Cn1cnc(C2CC(Br)CCC2(C)C)c1. The summed E-state index contributed by atoms with van der Waals surface area (Å²) < 4.78 is 2.04. The summed E-state index contributed by atoms with van der Waals surface area (Å²) in [6, 6.07) is 0. The van der Waals surface area contributed by atoms with Crippen molar-refractivity contribution >= 4 is 15.9 Å². The number of aryl methyl sites for hydroxylation is 1. The fourth-order valence-corrected chi connectivity index (χ4v) is 3.13. The Hall–Kier alpha value is -0.310. The van der Waals surface area contributed by atoms with Crippen LogP contribution in [0.3, 0.4) is 0 Å². The van der Waals surface area contributed by atoms with Crippen LogP contribution in [0.15, 0.2) is 12.5 Å². The highest BCUT2D eigenvalue weighted by atomic mass is 79.9. The summed E-state index contributed by atoms with van der Waals surface area (Å²) in [5.41, 5.74) is 1.64. The van der Waals surface area contributed by atoms with Crippen LogP contribution in [0.25, 0.3) is 0 Å². The third kappa shape index (κ3) is 2.27. The number of hydrogen-bond donors (Lipinski definition) is 0. The molecular formula is C12H19BrN2. The van der Waals surface area contributed by atoms with Crippen LogP contribution < -0.4 is 0 Å². The minimum atomic E-state index is 0.388. The van der Waals surface area contributed by atoms with E-state index < -0.39 is 0 Å². The van der Waals surface area contributed by atoms with Gasteiger partial charge in [-0.05, 0) is 24.7 Å². The Labute approximate surface area is 100 Å². The molecule has 0 saturated heterocycles. The molecular weight excluding hydrogens is 252 g/mol. The third-order valence-corrected chi connectivity index (χ3v) is 4.45. The van der Waals surface area contributed by atoms with E-state index >= 15 is 0 Å². The van der Waals surface area contributed by atoms with E-state index in [0.29, 0.717) is 16.2 Å². The van der Waals surface area contributed by atoms with Crippen LogP contribution >= 0.6 is 15.9 Å². The Morgan fingerprint density at radius 1 is 1.53 bits per heavy atom. The van der Waals surface area contributed by atoms with Crippen molar-refractivity contribution in [3.05, 3.63) is 18.2 Å². The van der Waals surface area contributed by atoms with Crippen molar-refractivity contribution in [1.82, 2.24) is 9.55 Å². The topological polar surface area (TPSA) is 17.8 Å². The Kier molecular flexibility index (Phi) is 2.93. The highest BCUT2D eigenvalue weighted by Crippen LogP contribution is 2.47. The molecule has 0 bridgehead atoms. The number of nitrogens with zero attached hydrogens (tertiary/aromatic N) is 2. The number of imidazole rings is 1. The van der Waals surface area contributed by atoms with E-state index in [2.05, 4.69) is 41.0 Å². The molecule has 0 aliphatic heterocycles. The fourth-order valence-electron chi connectivity index (χ4n) is 2.53. The maximum absolute atomic E-state index is 4.51. The summed E-state index contributed by atoms with van der Waals surface area (Å²) in [7, 11) is 2.04. The van der Waals surface area contributed by atoms with Gasteiger partial charge in [-0.25, -0.2) is 4.98 Å². The summed E-state index contributed by atoms with van der Waals surface area (Å²) in [5.74, 6) is 0.594. The molecule has 1 aliphatic carbocycles. The van der Waals surface area contributed by atoms with Crippen molar-refractivity contribution in [3.8, 4) is 0 Å². The fraction of sp³-hybridized carbons (Fsp3) is 0.750. The number of alkyl halides is 1. The van der Waals surface area contributed by atoms with Gasteiger partial charge in [0.05, 0.1) is 12.0 Å². The van der Waals surface area contributed by atoms with Gasteiger partial charge < -0.3 is 4.57 Å². The molecule has 1 aromatic rings.